The first kappa shape index (κ1) is 14.2. The lowest BCUT2D eigenvalue weighted by molar-refractivity contribution is 0.211. The molecular weight excluding hydrogens is 285 g/mol. The van der Waals surface area contributed by atoms with Crippen LogP contribution in [0.5, 0.6) is 0 Å². The molecule has 0 radical (unpaired) electrons. The van der Waals surface area contributed by atoms with Gasteiger partial charge in [0.25, 0.3) is 0 Å². The number of methoxy groups -OCH3 is 1. The molecule has 0 unspecified atom stereocenters. The Kier molecular flexibility index (Phi) is 5.56. The van der Waals surface area contributed by atoms with Crippen molar-refractivity contribution in [3.63, 3.8) is 0 Å². The molecule has 0 aliphatic carbocycles. The monoisotopic (exact) mass is 299 g/mol. The minimum Gasteiger partial charge on any atom is -0.383 e. The lowest BCUT2D eigenvalue weighted by atomic mass is 10.4. The number of nitrogens with one attached hydrogen (secondary N) is 1. The Bertz CT molecular complexity index is 504. The third-order valence-corrected chi connectivity index (χ3v) is 3.95. The van der Waals surface area contributed by atoms with Crippen molar-refractivity contribution in [2.24, 2.45) is 0 Å². The molecular formula is C12H14FN3OS2. The van der Waals surface area contributed by atoms with Gasteiger partial charge < -0.3 is 10.1 Å². The molecule has 0 saturated heterocycles. The zero-order valence-electron chi connectivity index (χ0n) is 10.4. The molecule has 2 aromatic rings. The van der Waals surface area contributed by atoms with Crippen LogP contribution < -0.4 is 5.32 Å². The first-order chi connectivity index (χ1) is 9.28. The fourth-order valence-corrected chi connectivity index (χ4v) is 2.77. The Hall–Kier alpha value is -1.18. The van der Waals surface area contributed by atoms with Crippen LogP contribution in [0.2, 0.25) is 0 Å². The normalized spacial score (nSPS) is 10.6. The summed E-state index contributed by atoms with van der Waals surface area (Å²) in [6.07, 6.45) is 0. The Morgan fingerprint density at radius 3 is 2.89 bits per heavy atom. The maximum Gasteiger partial charge on any atom is 0.202 e. The third-order valence-electron chi connectivity index (χ3n) is 2.23. The van der Waals surface area contributed by atoms with Crippen LogP contribution >= 0.6 is 23.3 Å². The summed E-state index contributed by atoms with van der Waals surface area (Å²) in [5.74, 6) is 1.23. The van der Waals surface area contributed by atoms with Gasteiger partial charge in [-0.05, 0) is 24.3 Å². The molecule has 4 nitrogen and oxygen atoms in total. The first-order valence-corrected chi connectivity index (χ1v) is 7.47. The van der Waals surface area contributed by atoms with E-state index in [1.165, 1.54) is 23.7 Å². The first-order valence-electron chi connectivity index (χ1n) is 5.71. The second-order valence-electron chi connectivity index (χ2n) is 3.68. The topological polar surface area (TPSA) is 47.0 Å². The fraction of sp³-hybridized carbons (Fsp3) is 0.333. The molecule has 0 amide bonds. The molecule has 0 saturated carbocycles. The van der Waals surface area contributed by atoms with Crippen LogP contribution in [0, 0.1) is 5.82 Å². The quantitative estimate of drug-likeness (QED) is 0.629. The zero-order valence-corrected chi connectivity index (χ0v) is 12.1. The summed E-state index contributed by atoms with van der Waals surface area (Å²) >= 11 is 2.92. The van der Waals surface area contributed by atoms with Gasteiger partial charge in [0.05, 0.1) is 12.4 Å². The number of rotatable bonds is 7. The number of thioether (sulfide) groups is 1. The van der Waals surface area contributed by atoms with Crippen molar-refractivity contribution in [2.45, 2.75) is 10.6 Å². The van der Waals surface area contributed by atoms with Crippen LogP contribution in [0.25, 0.3) is 0 Å². The highest BCUT2D eigenvalue weighted by atomic mass is 32.2. The van der Waals surface area contributed by atoms with Gasteiger partial charge in [-0.1, -0.05) is 0 Å². The van der Waals surface area contributed by atoms with Gasteiger partial charge in [0.2, 0.25) is 5.13 Å². The minimum absolute atomic E-state index is 0.222. The van der Waals surface area contributed by atoms with Crippen molar-refractivity contribution < 1.29 is 9.13 Å². The maximum absolute atomic E-state index is 12.8. The van der Waals surface area contributed by atoms with E-state index in [0.717, 1.165) is 22.4 Å². The van der Waals surface area contributed by atoms with Crippen molar-refractivity contribution in [3.8, 4) is 0 Å². The number of nitrogens with zero attached hydrogens (tertiary/aromatic N) is 2. The molecule has 0 spiro atoms. The van der Waals surface area contributed by atoms with Crippen LogP contribution in [-0.2, 0) is 10.5 Å². The van der Waals surface area contributed by atoms with Gasteiger partial charge in [0, 0.05) is 30.1 Å². The Balaban J connectivity index is 1.81. The van der Waals surface area contributed by atoms with Gasteiger partial charge in [-0.2, -0.15) is 4.37 Å². The number of hydrogen-bond donors (Lipinski definition) is 1. The highest BCUT2D eigenvalue weighted by molar-refractivity contribution is 7.98. The summed E-state index contributed by atoms with van der Waals surface area (Å²) in [6.45, 7) is 1.36. The predicted octanol–water partition coefficient (Wildman–Crippen LogP) is 3.03. The van der Waals surface area contributed by atoms with Crippen molar-refractivity contribution in [1.29, 1.82) is 0 Å². The molecule has 102 valence electrons. The summed E-state index contributed by atoms with van der Waals surface area (Å²) in [4.78, 5) is 5.37. The summed E-state index contributed by atoms with van der Waals surface area (Å²) in [5.41, 5.74) is 0. The standard InChI is InChI=1S/C12H14FN3OS2/c1-17-7-6-14-12-15-11(16-19-12)8-18-10-4-2-9(13)3-5-10/h2-5H,6-8H2,1H3,(H,14,15,16). The average Bonchev–Trinajstić information content (AvgIpc) is 2.86. The molecule has 19 heavy (non-hydrogen) atoms. The van der Waals surface area contributed by atoms with E-state index in [1.807, 2.05) is 0 Å². The lowest BCUT2D eigenvalue weighted by Gasteiger charge is -1.99. The largest absolute Gasteiger partial charge is 0.383 e. The summed E-state index contributed by atoms with van der Waals surface area (Å²) in [6, 6.07) is 6.41. The van der Waals surface area contributed by atoms with Gasteiger partial charge in [-0.25, -0.2) is 9.37 Å². The molecule has 1 aromatic heterocycles. The van der Waals surface area contributed by atoms with E-state index >= 15 is 0 Å². The van der Waals surface area contributed by atoms with E-state index in [-0.39, 0.29) is 5.82 Å². The number of ether oxygens (including phenoxy) is 1. The van der Waals surface area contributed by atoms with Gasteiger partial charge in [-0.15, -0.1) is 11.8 Å². The van der Waals surface area contributed by atoms with E-state index in [9.17, 15) is 4.39 Å². The van der Waals surface area contributed by atoms with Gasteiger partial charge in [-0.3, -0.25) is 0 Å². The molecule has 7 heteroatoms. The number of anilines is 1. The highest BCUT2D eigenvalue weighted by Crippen LogP contribution is 2.23. The van der Waals surface area contributed by atoms with E-state index in [1.54, 1.807) is 31.0 Å². The van der Waals surface area contributed by atoms with Crippen LogP contribution in [0.3, 0.4) is 0 Å². The SMILES string of the molecule is COCCNc1nc(CSc2ccc(F)cc2)ns1. The van der Waals surface area contributed by atoms with Crippen LogP contribution in [-0.4, -0.2) is 29.6 Å². The molecule has 1 heterocycles. The van der Waals surface area contributed by atoms with Gasteiger partial charge >= 0.3 is 0 Å². The lowest BCUT2D eigenvalue weighted by Crippen LogP contribution is -2.07. The minimum atomic E-state index is -0.222. The van der Waals surface area contributed by atoms with Crippen molar-refractivity contribution in [1.82, 2.24) is 9.36 Å². The second kappa shape index (κ2) is 7.42. The predicted molar refractivity (Wildman–Crippen MR) is 76.2 cm³/mol. The molecule has 0 aliphatic rings. The molecule has 0 atom stereocenters. The maximum atomic E-state index is 12.8. The zero-order chi connectivity index (χ0) is 13.5. The van der Waals surface area contributed by atoms with Crippen molar-refractivity contribution >= 4 is 28.4 Å². The highest BCUT2D eigenvalue weighted by Gasteiger charge is 2.04. The number of hydrogen-bond acceptors (Lipinski definition) is 6. The van der Waals surface area contributed by atoms with E-state index in [0.29, 0.717) is 12.4 Å². The molecule has 0 aliphatic heterocycles. The van der Waals surface area contributed by atoms with Crippen LogP contribution in [0.1, 0.15) is 5.82 Å². The summed E-state index contributed by atoms with van der Waals surface area (Å²) < 4.78 is 22.0. The molecule has 0 fully saturated rings. The van der Waals surface area contributed by atoms with Crippen LogP contribution in [0.15, 0.2) is 29.2 Å². The van der Waals surface area contributed by atoms with Crippen molar-refractivity contribution in [3.05, 3.63) is 35.9 Å². The molecule has 1 N–H and O–H groups in total. The second-order valence-corrected chi connectivity index (χ2v) is 5.48. The number of aromatic nitrogens is 2. The summed E-state index contributed by atoms with van der Waals surface area (Å²) in [5, 5.41) is 3.93. The third kappa shape index (κ3) is 4.77. The molecule has 2 rings (SSSR count). The van der Waals surface area contributed by atoms with Gasteiger partial charge in [0.15, 0.2) is 5.82 Å². The van der Waals surface area contributed by atoms with E-state index < -0.39 is 0 Å². The molecule has 1 aromatic carbocycles. The average molecular weight is 299 g/mol. The van der Waals surface area contributed by atoms with E-state index in [2.05, 4.69) is 14.7 Å². The smallest absolute Gasteiger partial charge is 0.202 e. The molecule has 0 bridgehead atoms. The van der Waals surface area contributed by atoms with E-state index in [4.69, 9.17) is 4.74 Å². The Morgan fingerprint density at radius 1 is 1.37 bits per heavy atom. The van der Waals surface area contributed by atoms with Crippen LogP contribution in [0.4, 0.5) is 9.52 Å². The number of benzene rings is 1. The fourth-order valence-electron chi connectivity index (χ4n) is 1.32. The summed E-state index contributed by atoms with van der Waals surface area (Å²) in [7, 11) is 1.66. The Labute approximate surface area is 119 Å². The Morgan fingerprint density at radius 2 is 2.16 bits per heavy atom. The number of halogens is 1. The van der Waals surface area contributed by atoms with Gasteiger partial charge in [0.1, 0.15) is 5.82 Å². The van der Waals surface area contributed by atoms with Crippen molar-refractivity contribution in [2.75, 3.05) is 25.6 Å².